The summed E-state index contributed by atoms with van der Waals surface area (Å²) in [6.45, 7) is 3.55. The molecule has 1 fully saturated rings. The van der Waals surface area contributed by atoms with Crippen molar-refractivity contribution >= 4 is 21.7 Å². The summed E-state index contributed by atoms with van der Waals surface area (Å²) in [5.74, 6) is 0.297. The van der Waals surface area contributed by atoms with Crippen LogP contribution in [0.5, 0.6) is 0 Å². The van der Waals surface area contributed by atoms with Crippen molar-refractivity contribution in [2.75, 3.05) is 5.33 Å². The van der Waals surface area contributed by atoms with Gasteiger partial charge < -0.3 is 9.90 Å². The normalized spacial score (nSPS) is 18.1. The van der Waals surface area contributed by atoms with Crippen molar-refractivity contribution in [1.82, 2.24) is 0 Å². The Balaban J connectivity index is 0.000000262. The molecule has 0 saturated heterocycles. The number of halogens is 1. The molecule has 0 heterocycles. The molecule has 15 heavy (non-hydrogen) atoms. The first-order valence-electron chi connectivity index (χ1n) is 5.76. The van der Waals surface area contributed by atoms with Gasteiger partial charge in [-0.05, 0) is 39.5 Å². The fourth-order valence-corrected chi connectivity index (χ4v) is 2.00. The van der Waals surface area contributed by atoms with E-state index in [1.165, 1.54) is 12.8 Å². The van der Waals surface area contributed by atoms with Gasteiger partial charge in [0.15, 0.2) is 0 Å². The molecule has 0 bridgehead atoms. The number of Topliss-reactive ketones (excluding diaryl/α,β-unsaturated/α-hetero) is 1. The quantitative estimate of drug-likeness (QED) is 0.632. The van der Waals surface area contributed by atoms with Gasteiger partial charge in [-0.2, -0.15) is 0 Å². The van der Waals surface area contributed by atoms with Gasteiger partial charge in [0.05, 0.1) is 5.60 Å². The number of rotatable bonds is 4. The smallest absolute Gasteiger partial charge is 0.129 e. The number of ketones is 1. The minimum absolute atomic E-state index is 0.297. The lowest BCUT2D eigenvalue weighted by molar-refractivity contribution is -0.117. The highest BCUT2D eigenvalue weighted by Crippen LogP contribution is 2.27. The Kier molecular flexibility index (Phi) is 8.34. The number of aliphatic hydroxyl groups is 1. The van der Waals surface area contributed by atoms with E-state index < -0.39 is 0 Å². The number of unbranched alkanes of at least 4 members (excludes halogenated alkanes) is 1. The second-order valence-corrected chi connectivity index (χ2v) is 5.35. The third kappa shape index (κ3) is 10.4. The third-order valence-electron chi connectivity index (χ3n) is 2.59. The predicted octanol–water partition coefficient (Wildman–Crippen LogP) is 3.45. The molecule has 90 valence electrons. The number of hydrogen-bond donors (Lipinski definition) is 1. The van der Waals surface area contributed by atoms with Gasteiger partial charge in [0.1, 0.15) is 5.78 Å². The minimum Gasteiger partial charge on any atom is -0.390 e. The molecule has 1 N–H and O–H groups in total. The topological polar surface area (TPSA) is 37.3 Å². The Bertz CT molecular complexity index is 170. The van der Waals surface area contributed by atoms with Crippen LogP contribution in [0, 0.1) is 0 Å². The van der Waals surface area contributed by atoms with Crippen LogP contribution in [0.15, 0.2) is 0 Å². The number of carbonyl (C=O) groups is 1. The monoisotopic (exact) mass is 278 g/mol. The molecule has 0 aromatic rings. The van der Waals surface area contributed by atoms with E-state index >= 15 is 0 Å². The highest BCUT2D eigenvalue weighted by atomic mass is 79.9. The third-order valence-corrected chi connectivity index (χ3v) is 3.15. The molecule has 1 aliphatic carbocycles. The minimum atomic E-state index is -0.306. The summed E-state index contributed by atoms with van der Waals surface area (Å²) in [5.41, 5.74) is -0.306. The molecule has 1 aliphatic rings. The molecular weight excluding hydrogens is 256 g/mol. The summed E-state index contributed by atoms with van der Waals surface area (Å²) in [6, 6.07) is 0. The Morgan fingerprint density at radius 1 is 1.33 bits per heavy atom. The lowest BCUT2D eigenvalue weighted by Gasteiger charge is -2.12. The Morgan fingerprint density at radius 2 is 1.87 bits per heavy atom. The van der Waals surface area contributed by atoms with Crippen molar-refractivity contribution in [3.63, 3.8) is 0 Å². The Labute approximate surface area is 102 Å². The number of hydrogen-bond acceptors (Lipinski definition) is 2. The average Bonchev–Trinajstić information content (AvgIpc) is 2.51. The van der Waals surface area contributed by atoms with E-state index in [9.17, 15) is 9.90 Å². The average molecular weight is 279 g/mol. The largest absolute Gasteiger partial charge is 0.390 e. The van der Waals surface area contributed by atoms with Gasteiger partial charge in [-0.25, -0.2) is 0 Å². The van der Waals surface area contributed by atoms with Gasteiger partial charge >= 0.3 is 0 Å². The molecule has 2 nitrogen and oxygen atoms in total. The summed E-state index contributed by atoms with van der Waals surface area (Å²) in [4.78, 5) is 10.3. The summed E-state index contributed by atoms with van der Waals surface area (Å²) >= 11 is 3.29. The molecule has 0 amide bonds. The fraction of sp³-hybridized carbons (Fsp3) is 0.917. The van der Waals surface area contributed by atoms with E-state index in [-0.39, 0.29) is 5.60 Å². The first-order chi connectivity index (χ1) is 6.98. The van der Waals surface area contributed by atoms with E-state index in [1.807, 2.05) is 6.92 Å². The van der Waals surface area contributed by atoms with Crippen LogP contribution in [0.25, 0.3) is 0 Å². The van der Waals surface area contributed by atoms with Crippen molar-refractivity contribution in [1.29, 1.82) is 0 Å². The van der Waals surface area contributed by atoms with Crippen molar-refractivity contribution < 1.29 is 9.90 Å². The van der Waals surface area contributed by atoms with E-state index in [2.05, 4.69) is 15.9 Å². The molecule has 0 spiro atoms. The molecule has 3 heteroatoms. The first-order valence-corrected chi connectivity index (χ1v) is 6.88. The van der Waals surface area contributed by atoms with Crippen LogP contribution in [-0.4, -0.2) is 21.8 Å². The molecule has 1 rings (SSSR count). The molecule has 0 aromatic carbocycles. The Hall–Kier alpha value is 0.110. The maximum absolute atomic E-state index is 10.3. The zero-order valence-corrected chi connectivity index (χ0v) is 11.5. The van der Waals surface area contributed by atoms with Gasteiger partial charge in [-0.15, -0.1) is 0 Å². The van der Waals surface area contributed by atoms with E-state index in [0.717, 1.165) is 37.4 Å². The van der Waals surface area contributed by atoms with E-state index in [1.54, 1.807) is 6.92 Å². The van der Waals surface area contributed by atoms with E-state index in [4.69, 9.17) is 0 Å². The summed E-state index contributed by atoms with van der Waals surface area (Å²) in [5, 5.41) is 10.2. The standard InChI is InChI=1S/C6H11BrO.C6H12O/c1-6(8)4-2-3-5-7;1-6(7)4-2-3-5-6/h2-5H2,1H3;7H,2-5H2,1H3. The fourth-order valence-electron chi connectivity index (χ4n) is 1.61. The molecule has 0 aromatic heterocycles. The van der Waals surface area contributed by atoms with Crippen LogP contribution < -0.4 is 0 Å². The maximum atomic E-state index is 10.3. The van der Waals surface area contributed by atoms with Crippen LogP contribution in [0.2, 0.25) is 0 Å². The highest BCUT2D eigenvalue weighted by molar-refractivity contribution is 9.09. The van der Waals surface area contributed by atoms with Crippen molar-refractivity contribution in [2.24, 2.45) is 0 Å². The van der Waals surface area contributed by atoms with Crippen LogP contribution >= 0.6 is 15.9 Å². The van der Waals surface area contributed by atoms with E-state index in [0.29, 0.717) is 5.78 Å². The zero-order chi connectivity index (χ0) is 11.7. The second kappa shape index (κ2) is 8.28. The molecule has 0 radical (unpaired) electrons. The molecule has 0 unspecified atom stereocenters. The Morgan fingerprint density at radius 3 is 2.13 bits per heavy atom. The lowest BCUT2D eigenvalue weighted by atomic mass is 10.1. The molecule has 0 atom stereocenters. The van der Waals surface area contributed by atoms with Crippen molar-refractivity contribution in [3.8, 4) is 0 Å². The van der Waals surface area contributed by atoms with Gasteiger partial charge in [0.2, 0.25) is 0 Å². The van der Waals surface area contributed by atoms with Gasteiger partial charge in [0.25, 0.3) is 0 Å². The predicted molar refractivity (Wildman–Crippen MR) is 67.4 cm³/mol. The summed E-state index contributed by atoms with van der Waals surface area (Å²) < 4.78 is 0. The molecule has 1 saturated carbocycles. The molecular formula is C12H23BrO2. The van der Waals surface area contributed by atoms with Crippen LogP contribution in [0.4, 0.5) is 0 Å². The maximum Gasteiger partial charge on any atom is 0.129 e. The first kappa shape index (κ1) is 15.1. The van der Waals surface area contributed by atoms with Gasteiger partial charge in [-0.3, -0.25) is 0 Å². The van der Waals surface area contributed by atoms with Gasteiger partial charge in [-0.1, -0.05) is 28.8 Å². The summed E-state index contributed by atoms with van der Waals surface area (Å²) in [6.07, 6.45) is 7.33. The molecule has 0 aliphatic heterocycles. The van der Waals surface area contributed by atoms with Crippen molar-refractivity contribution in [3.05, 3.63) is 0 Å². The zero-order valence-electron chi connectivity index (χ0n) is 9.89. The second-order valence-electron chi connectivity index (χ2n) is 4.55. The highest BCUT2D eigenvalue weighted by Gasteiger charge is 2.24. The van der Waals surface area contributed by atoms with Crippen molar-refractivity contribution in [2.45, 2.75) is 64.4 Å². The van der Waals surface area contributed by atoms with Crippen LogP contribution in [0.1, 0.15) is 58.8 Å². The van der Waals surface area contributed by atoms with Crippen LogP contribution in [-0.2, 0) is 4.79 Å². The number of alkyl halides is 1. The number of carbonyl (C=O) groups excluding carboxylic acids is 1. The SMILES string of the molecule is CC(=O)CCCCBr.CC1(O)CCCC1. The van der Waals surface area contributed by atoms with Crippen LogP contribution in [0.3, 0.4) is 0 Å². The summed E-state index contributed by atoms with van der Waals surface area (Å²) in [7, 11) is 0. The van der Waals surface area contributed by atoms with Gasteiger partial charge in [0, 0.05) is 11.8 Å². The lowest BCUT2D eigenvalue weighted by Crippen LogP contribution is -2.17.